The lowest BCUT2D eigenvalue weighted by Gasteiger charge is -2.04. The Kier molecular flexibility index (Phi) is 5.70. The summed E-state index contributed by atoms with van der Waals surface area (Å²) in [6.07, 6.45) is 0.111. The van der Waals surface area contributed by atoms with Gasteiger partial charge in [0.25, 0.3) is 0 Å². The van der Waals surface area contributed by atoms with Gasteiger partial charge in [-0.3, -0.25) is 9.59 Å². The van der Waals surface area contributed by atoms with Crippen molar-refractivity contribution in [1.29, 1.82) is 5.26 Å². The predicted molar refractivity (Wildman–Crippen MR) is 83.8 cm³/mol. The summed E-state index contributed by atoms with van der Waals surface area (Å²) in [5, 5.41) is 8.79. The van der Waals surface area contributed by atoms with Gasteiger partial charge in [-0.15, -0.1) is 11.3 Å². The molecule has 0 aliphatic heterocycles. The Morgan fingerprint density at radius 3 is 2.73 bits per heavy atom. The molecule has 0 amide bonds. The highest BCUT2D eigenvalue weighted by Gasteiger charge is 2.12. The Morgan fingerprint density at radius 1 is 1.23 bits per heavy atom. The lowest BCUT2D eigenvalue weighted by atomic mass is 10.1. The lowest BCUT2D eigenvalue weighted by Crippen LogP contribution is -2.07. The van der Waals surface area contributed by atoms with Crippen LogP contribution in [0.1, 0.15) is 33.6 Å². The van der Waals surface area contributed by atoms with E-state index in [1.165, 1.54) is 11.3 Å². The predicted octanol–water partition coefficient (Wildman–Crippen LogP) is 3.98. The van der Waals surface area contributed by atoms with Gasteiger partial charge in [-0.2, -0.15) is 5.26 Å². The molecular weight excluding hydrogens is 322 g/mol. The van der Waals surface area contributed by atoms with Crippen LogP contribution in [0.4, 0.5) is 0 Å². The van der Waals surface area contributed by atoms with Crippen LogP contribution >= 0.6 is 22.9 Å². The third-order valence-electron chi connectivity index (χ3n) is 2.86. The van der Waals surface area contributed by atoms with Crippen molar-refractivity contribution in [2.45, 2.75) is 19.4 Å². The van der Waals surface area contributed by atoms with Crippen LogP contribution in [0, 0.1) is 11.3 Å². The number of rotatable bonds is 6. The summed E-state index contributed by atoms with van der Waals surface area (Å²) < 4.78 is 5.64. The van der Waals surface area contributed by atoms with Crippen molar-refractivity contribution in [3.63, 3.8) is 0 Å². The molecule has 1 aromatic carbocycles. The first kappa shape index (κ1) is 16.2. The first-order valence-corrected chi connectivity index (χ1v) is 7.71. The van der Waals surface area contributed by atoms with Crippen LogP contribution in [-0.4, -0.2) is 11.8 Å². The van der Waals surface area contributed by atoms with Gasteiger partial charge in [-0.1, -0.05) is 23.7 Å². The summed E-state index contributed by atoms with van der Waals surface area (Å²) in [5.41, 5.74) is 1.25. The minimum Gasteiger partial charge on any atom is -0.461 e. The molecule has 1 aromatic heterocycles. The number of benzene rings is 1. The van der Waals surface area contributed by atoms with Crippen molar-refractivity contribution >= 4 is 34.7 Å². The number of carbonyl (C=O) groups is 2. The van der Waals surface area contributed by atoms with Gasteiger partial charge in [0, 0.05) is 6.42 Å². The molecule has 0 bridgehead atoms. The molecule has 2 rings (SSSR count). The molecule has 112 valence electrons. The largest absolute Gasteiger partial charge is 0.461 e. The molecule has 0 fully saturated rings. The van der Waals surface area contributed by atoms with E-state index in [1.807, 2.05) is 6.07 Å². The molecule has 2 aromatic rings. The molecule has 0 N–H and O–H groups in total. The topological polar surface area (TPSA) is 67.2 Å². The Labute approximate surface area is 136 Å². The fourth-order valence-electron chi connectivity index (χ4n) is 1.77. The Hall–Kier alpha value is -2.16. The van der Waals surface area contributed by atoms with Crippen molar-refractivity contribution in [1.82, 2.24) is 0 Å². The van der Waals surface area contributed by atoms with E-state index >= 15 is 0 Å². The zero-order valence-corrected chi connectivity index (χ0v) is 13.1. The van der Waals surface area contributed by atoms with Crippen LogP contribution in [0.25, 0.3) is 0 Å². The quantitative estimate of drug-likeness (QED) is 0.592. The second kappa shape index (κ2) is 7.74. The summed E-state index contributed by atoms with van der Waals surface area (Å²) in [5.74, 6) is -0.571. The third kappa shape index (κ3) is 4.69. The second-order valence-corrected chi connectivity index (χ2v) is 6.21. The molecule has 0 radical (unpaired) electrons. The highest BCUT2D eigenvalue weighted by Crippen LogP contribution is 2.23. The summed E-state index contributed by atoms with van der Waals surface area (Å²) in [6.45, 7) is 0.0906. The van der Waals surface area contributed by atoms with Crippen molar-refractivity contribution in [3.05, 3.63) is 56.7 Å². The molecule has 0 atom stereocenters. The third-order valence-corrected chi connectivity index (χ3v) is 4.13. The molecule has 6 heteroatoms. The summed E-state index contributed by atoms with van der Waals surface area (Å²) in [7, 11) is 0. The van der Waals surface area contributed by atoms with E-state index in [-0.39, 0.29) is 25.2 Å². The Morgan fingerprint density at radius 2 is 2.05 bits per heavy atom. The van der Waals surface area contributed by atoms with Gasteiger partial charge in [-0.05, 0) is 29.8 Å². The first-order chi connectivity index (χ1) is 10.6. The molecule has 1 heterocycles. The highest BCUT2D eigenvalue weighted by molar-refractivity contribution is 7.18. The molecule has 4 nitrogen and oxygen atoms in total. The summed E-state index contributed by atoms with van der Waals surface area (Å²) >= 11 is 6.96. The number of hydrogen-bond donors (Lipinski definition) is 0. The van der Waals surface area contributed by atoms with Gasteiger partial charge in [-0.25, -0.2) is 0 Å². The van der Waals surface area contributed by atoms with Crippen molar-refractivity contribution in [2.24, 2.45) is 0 Å². The fourth-order valence-corrected chi connectivity index (χ4v) is 2.78. The molecule has 22 heavy (non-hydrogen) atoms. The van der Waals surface area contributed by atoms with Gasteiger partial charge in [0.05, 0.1) is 27.3 Å². The SMILES string of the molecule is N#Cc1cccc(COC(=O)CCC(=O)c2ccc(Cl)s2)c1. The molecule has 0 saturated heterocycles. The average Bonchev–Trinajstić information content (AvgIpc) is 2.97. The number of ether oxygens (including phenoxy) is 1. The van der Waals surface area contributed by atoms with Gasteiger partial charge < -0.3 is 4.74 Å². The number of carbonyl (C=O) groups excluding carboxylic acids is 2. The van der Waals surface area contributed by atoms with Crippen LogP contribution in [0.2, 0.25) is 4.34 Å². The van der Waals surface area contributed by atoms with Crippen LogP contribution < -0.4 is 0 Å². The van der Waals surface area contributed by atoms with Gasteiger partial charge in [0.2, 0.25) is 0 Å². The number of hydrogen-bond acceptors (Lipinski definition) is 5. The number of nitriles is 1. The lowest BCUT2D eigenvalue weighted by molar-refractivity contribution is -0.144. The summed E-state index contributed by atoms with van der Waals surface area (Å²) in [6, 6.07) is 12.2. The smallest absolute Gasteiger partial charge is 0.306 e. The van der Waals surface area contributed by atoms with Crippen molar-refractivity contribution in [3.8, 4) is 6.07 Å². The van der Waals surface area contributed by atoms with E-state index in [4.69, 9.17) is 21.6 Å². The maximum atomic E-state index is 11.8. The van der Waals surface area contributed by atoms with Crippen LogP contribution in [0.3, 0.4) is 0 Å². The van der Waals surface area contributed by atoms with E-state index in [2.05, 4.69) is 0 Å². The number of thiophene rings is 1. The highest BCUT2D eigenvalue weighted by atomic mass is 35.5. The zero-order chi connectivity index (χ0) is 15.9. The zero-order valence-electron chi connectivity index (χ0n) is 11.5. The number of esters is 1. The van der Waals surface area contributed by atoms with Crippen LogP contribution in [-0.2, 0) is 16.1 Å². The van der Waals surface area contributed by atoms with E-state index in [1.54, 1.807) is 36.4 Å². The standard InChI is InChI=1S/C16H12ClNO3S/c17-15-6-5-14(22-15)13(19)4-7-16(20)21-10-12-3-1-2-11(8-12)9-18/h1-3,5-6,8H,4,7,10H2. The normalized spacial score (nSPS) is 10.0. The summed E-state index contributed by atoms with van der Waals surface area (Å²) in [4.78, 5) is 24.0. The number of ketones is 1. The maximum Gasteiger partial charge on any atom is 0.306 e. The molecule has 0 unspecified atom stereocenters. The van der Waals surface area contributed by atoms with Gasteiger partial charge in [0.1, 0.15) is 6.61 Å². The molecule has 0 aliphatic carbocycles. The maximum absolute atomic E-state index is 11.8. The molecule has 0 saturated carbocycles. The van der Waals surface area contributed by atoms with E-state index in [0.717, 1.165) is 5.56 Å². The minimum atomic E-state index is -0.446. The molecule has 0 spiro atoms. The van der Waals surface area contributed by atoms with Crippen LogP contribution in [0.15, 0.2) is 36.4 Å². The average molecular weight is 334 g/mol. The van der Waals surface area contributed by atoms with Gasteiger partial charge >= 0.3 is 5.97 Å². The first-order valence-electron chi connectivity index (χ1n) is 6.51. The molecule has 0 aliphatic rings. The van der Waals surface area contributed by atoms with E-state index < -0.39 is 5.97 Å². The number of halogens is 1. The van der Waals surface area contributed by atoms with Crippen LogP contribution in [0.5, 0.6) is 0 Å². The number of nitrogens with zero attached hydrogens (tertiary/aromatic N) is 1. The Bertz CT molecular complexity index is 733. The van der Waals surface area contributed by atoms with Crippen molar-refractivity contribution < 1.29 is 14.3 Å². The number of Topliss-reactive ketones (excluding diaryl/α,β-unsaturated/α-hetero) is 1. The monoisotopic (exact) mass is 333 g/mol. The Balaban J connectivity index is 1.78. The van der Waals surface area contributed by atoms with Gasteiger partial charge in [0.15, 0.2) is 5.78 Å². The van der Waals surface area contributed by atoms with E-state index in [0.29, 0.717) is 14.8 Å². The van der Waals surface area contributed by atoms with Crippen molar-refractivity contribution in [2.75, 3.05) is 0 Å². The second-order valence-electron chi connectivity index (χ2n) is 4.50. The fraction of sp³-hybridized carbons (Fsp3) is 0.188. The minimum absolute atomic E-state index is 0.0201. The van der Waals surface area contributed by atoms with E-state index in [9.17, 15) is 9.59 Å². The molecular formula is C16H12ClNO3S.